The molecule has 0 rings (SSSR count). The van der Waals surface area contributed by atoms with E-state index in [2.05, 4.69) is 0 Å². The molecule has 0 saturated carbocycles. The Balaban J connectivity index is 6.58. The fourth-order valence-electron chi connectivity index (χ4n) is 0.341. The molecule has 0 bridgehead atoms. The van der Waals surface area contributed by atoms with Gasteiger partial charge in [-0.15, -0.1) is 0 Å². The standard InChI is InChI=1S/C7H15NO3/c1-8(2,3)5-6(9)4-7(10)11/h6,9H,4-5H2,1-3H3/p+1/t6-/m0/s1/i1D3,2D3,4D2,5D2,6D. The Bertz CT molecular complexity index is 438. The normalized spacial score (nSPS) is 37.1. The summed E-state index contributed by atoms with van der Waals surface area (Å²) in [5, 5.41) is 18.5. The molecule has 0 heterocycles. The van der Waals surface area contributed by atoms with Crippen molar-refractivity contribution >= 4 is 5.97 Å². The minimum atomic E-state index is -4.22. The third-order valence-electron chi connectivity index (χ3n) is 0.555. The molecule has 0 fully saturated rings. The van der Waals surface area contributed by atoms with Crippen LogP contribution in [0.25, 0.3) is 0 Å². The van der Waals surface area contributed by atoms with Gasteiger partial charge in [0.25, 0.3) is 0 Å². The van der Waals surface area contributed by atoms with E-state index in [0.717, 1.165) is 0 Å². The second-order valence-electron chi connectivity index (χ2n) is 1.90. The molecular formula is C7H16NO3+. The highest BCUT2D eigenvalue weighted by Crippen LogP contribution is 1.98. The van der Waals surface area contributed by atoms with Crippen molar-refractivity contribution in [3.8, 4) is 0 Å². The van der Waals surface area contributed by atoms with E-state index >= 15 is 0 Å². The molecule has 2 N–H and O–H groups in total. The molecule has 0 aliphatic carbocycles. The van der Waals surface area contributed by atoms with E-state index < -0.39 is 43.4 Å². The summed E-state index contributed by atoms with van der Waals surface area (Å²) in [5.41, 5.74) is 0. The summed E-state index contributed by atoms with van der Waals surface area (Å²) in [5.74, 6) is -2.45. The minimum absolute atomic E-state index is 0.331. The zero-order valence-corrected chi connectivity index (χ0v) is 5.75. The summed E-state index contributed by atoms with van der Waals surface area (Å²) in [4.78, 5) is 10.8. The molecular weight excluding hydrogens is 146 g/mol. The number of aliphatic carboxylic acids is 1. The number of rotatable bonds is 4. The van der Waals surface area contributed by atoms with Crippen molar-refractivity contribution in [3.63, 3.8) is 0 Å². The first-order valence-electron chi connectivity index (χ1n) is 8.02. The Kier molecular flexibility index (Phi) is 0.738. The average molecular weight is 173 g/mol. The molecule has 0 amide bonds. The van der Waals surface area contributed by atoms with Crippen molar-refractivity contribution in [3.05, 3.63) is 0 Å². The zero-order valence-electron chi connectivity index (χ0n) is 16.7. The van der Waals surface area contributed by atoms with Gasteiger partial charge in [0.1, 0.15) is 12.6 Å². The average Bonchev–Trinajstić information content (AvgIpc) is 2.23. The molecule has 0 unspecified atom stereocenters. The number of carboxylic acids is 1. The number of aliphatic hydroxyl groups is 1. The highest BCUT2D eigenvalue weighted by Gasteiger charge is 2.17. The van der Waals surface area contributed by atoms with Crippen LogP contribution in [0.5, 0.6) is 0 Å². The van der Waals surface area contributed by atoms with Crippen LogP contribution in [0.4, 0.5) is 0 Å². The largest absolute Gasteiger partial charge is 0.481 e. The minimum Gasteiger partial charge on any atom is -0.481 e. The summed E-state index contributed by atoms with van der Waals surface area (Å²) < 4.78 is 77.7. The van der Waals surface area contributed by atoms with Gasteiger partial charge in [-0.3, -0.25) is 4.79 Å². The van der Waals surface area contributed by atoms with Crippen LogP contribution in [0.2, 0.25) is 0 Å². The summed E-state index contributed by atoms with van der Waals surface area (Å²) in [6, 6.07) is 0. The van der Waals surface area contributed by atoms with E-state index in [0.29, 0.717) is 7.05 Å². The molecule has 4 heteroatoms. The Morgan fingerprint density at radius 1 is 1.91 bits per heavy atom. The lowest BCUT2D eigenvalue weighted by Crippen LogP contribution is -2.42. The highest BCUT2D eigenvalue weighted by molar-refractivity contribution is 5.67. The van der Waals surface area contributed by atoms with Gasteiger partial charge in [-0.2, -0.15) is 0 Å². The van der Waals surface area contributed by atoms with E-state index in [9.17, 15) is 9.90 Å². The smallest absolute Gasteiger partial charge is 0.306 e. The molecule has 11 heavy (non-hydrogen) atoms. The summed E-state index contributed by atoms with van der Waals surface area (Å²) in [6.07, 6.45) is -8.20. The van der Waals surface area contributed by atoms with E-state index in [1.807, 2.05) is 0 Å². The third kappa shape index (κ3) is 7.29. The van der Waals surface area contributed by atoms with Crippen molar-refractivity contribution in [2.24, 2.45) is 0 Å². The first kappa shape index (κ1) is 2.20. The lowest BCUT2D eigenvalue weighted by atomic mass is 10.2. The maximum absolute atomic E-state index is 10.8. The number of carbonyl (C=O) groups is 1. The zero-order chi connectivity index (χ0) is 18.6. The van der Waals surface area contributed by atoms with Crippen LogP contribution in [0.15, 0.2) is 0 Å². The van der Waals surface area contributed by atoms with E-state index in [-0.39, 0.29) is 0 Å². The summed E-state index contributed by atoms with van der Waals surface area (Å²) in [6.45, 7) is -11.3. The molecule has 0 aromatic heterocycles. The fourth-order valence-corrected chi connectivity index (χ4v) is 0.341. The van der Waals surface area contributed by atoms with Gasteiger partial charge in [-0.1, -0.05) is 0 Å². The maximum atomic E-state index is 10.8. The van der Waals surface area contributed by atoms with E-state index in [1.54, 1.807) is 0 Å². The van der Waals surface area contributed by atoms with Crippen molar-refractivity contribution in [1.82, 2.24) is 0 Å². The first-order valence-corrected chi connectivity index (χ1v) is 2.52. The van der Waals surface area contributed by atoms with Gasteiger partial charge in [-0.05, 0) is 0 Å². The molecule has 0 aliphatic rings. The monoisotopic (exact) mass is 173 g/mol. The lowest BCUT2D eigenvalue weighted by Gasteiger charge is -2.25. The van der Waals surface area contributed by atoms with Gasteiger partial charge >= 0.3 is 5.97 Å². The maximum Gasteiger partial charge on any atom is 0.306 e. The molecule has 0 saturated heterocycles. The highest BCUT2D eigenvalue weighted by atomic mass is 16.4. The van der Waals surface area contributed by atoms with Gasteiger partial charge in [0.15, 0.2) is 0 Å². The van der Waals surface area contributed by atoms with Gasteiger partial charge in [-0.25, -0.2) is 0 Å². The van der Waals surface area contributed by atoms with Gasteiger partial charge in [0, 0.05) is 2.74 Å². The number of likely N-dealkylation sites (N-methyl/N-ethyl adjacent to an activating group) is 1. The van der Waals surface area contributed by atoms with E-state index in [4.69, 9.17) is 20.2 Å². The van der Waals surface area contributed by atoms with Crippen LogP contribution in [0.1, 0.15) is 21.5 Å². The lowest BCUT2D eigenvalue weighted by molar-refractivity contribution is -0.873. The van der Waals surface area contributed by atoms with Gasteiger partial charge in [0.2, 0.25) is 0 Å². The van der Waals surface area contributed by atoms with Gasteiger partial charge < -0.3 is 14.7 Å². The molecule has 0 radical (unpaired) electrons. The van der Waals surface area contributed by atoms with Crippen LogP contribution in [-0.2, 0) is 4.79 Å². The Morgan fingerprint density at radius 2 is 2.45 bits per heavy atom. The molecule has 66 valence electrons. The van der Waals surface area contributed by atoms with Crippen molar-refractivity contribution < 1.29 is 34.6 Å². The second-order valence-corrected chi connectivity index (χ2v) is 1.90. The fraction of sp³-hybridized carbons (Fsp3) is 0.857. The molecule has 4 nitrogen and oxygen atoms in total. The third-order valence-corrected chi connectivity index (χ3v) is 0.555. The van der Waals surface area contributed by atoms with Crippen LogP contribution in [0.3, 0.4) is 0 Å². The molecule has 1 atom stereocenters. The quantitative estimate of drug-likeness (QED) is 0.565. The van der Waals surface area contributed by atoms with Crippen LogP contribution in [-0.4, -0.2) is 54.2 Å². The van der Waals surface area contributed by atoms with Crippen LogP contribution >= 0.6 is 0 Å². The van der Waals surface area contributed by atoms with Gasteiger partial charge in [0.05, 0.1) is 39.7 Å². The first-order chi connectivity index (χ1) is 9.19. The number of carboxylic acid groups (broad SMARTS) is 1. The molecule has 0 aliphatic heterocycles. The molecule has 0 aromatic carbocycles. The topological polar surface area (TPSA) is 57.5 Å². The van der Waals surface area contributed by atoms with Crippen LogP contribution < -0.4 is 0 Å². The predicted molar refractivity (Wildman–Crippen MR) is 41.2 cm³/mol. The van der Waals surface area contributed by atoms with Crippen molar-refractivity contribution in [2.45, 2.75) is 12.5 Å². The Labute approximate surface area is 82.1 Å². The predicted octanol–water partition coefficient (Wildman–Crippen LogP) is -0.472. The number of quaternary nitrogens is 1. The SMILES string of the molecule is [2H]C([2H])(C(=O)O)[C@]([2H])(O)C([2H])([2H])[N+](C)(C([2H])([2H])[2H])C([2H])([2H])[2H]. The van der Waals surface area contributed by atoms with E-state index in [1.165, 1.54) is 0 Å². The summed E-state index contributed by atoms with van der Waals surface area (Å²) >= 11 is 0. The number of hydrogen-bond acceptors (Lipinski definition) is 2. The number of hydrogen-bond donors (Lipinski definition) is 2. The number of nitrogens with zero attached hydrogens (tertiary/aromatic N) is 1. The van der Waals surface area contributed by atoms with Crippen LogP contribution in [0, 0.1) is 0 Å². The second kappa shape index (κ2) is 3.69. The molecule has 0 aromatic rings. The summed E-state index contributed by atoms with van der Waals surface area (Å²) in [7, 11) is 0.331. The van der Waals surface area contributed by atoms with Crippen molar-refractivity contribution in [1.29, 1.82) is 0 Å². The van der Waals surface area contributed by atoms with Crippen molar-refractivity contribution in [2.75, 3.05) is 27.5 Å². The Hall–Kier alpha value is -0.610. The Morgan fingerprint density at radius 3 is 2.82 bits per heavy atom. The molecule has 0 spiro atoms.